The number of nitrogens with one attached hydrogen (secondary N) is 1. The van der Waals surface area contributed by atoms with Crippen LogP contribution < -0.4 is 5.32 Å². The molecule has 19 heavy (non-hydrogen) atoms. The first-order valence-corrected chi connectivity index (χ1v) is 8.27. The van der Waals surface area contributed by atoms with Gasteiger partial charge in [-0.1, -0.05) is 36.7 Å². The van der Waals surface area contributed by atoms with E-state index in [0.717, 1.165) is 22.7 Å². The minimum absolute atomic E-state index is 0.160. The van der Waals surface area contributed by atoms with Gasteiger partial charge in [0, 0.05) is 19.2 Å². The normalized spacial score (nSPS) is 12.7. The number of rotatable bonds is 4. The zero-order chi connectivity index (χ0) is 14.0. The molecule has 2 rings (SSSR count). The lowest BCUT2D eigenvalue weighted by molar-refractivity contribution is 0.639. The summed E-state index contributed by atoms with van der Waals surface area (Å²) in [6.07, 6.45) is 0. The van der Waals surface area contributed by atoms with E-state index in [0.29, 0.717) is 0 Å². The van der Waals surface area contributed by atoms with E-state index >= 15 is 0 Å². The Morgan fingerprint density at radius 2 is 2.11 bits per heavy atom. The Balaban J connectivity index is 2.48. The SMILES string of the molecule is CCNC(c1cc(Br)c(C)s1)c1cccc(C)c1Cl. The molecule has 0 radical (unpaired) electrons. The van der Waals surface area contributed by atoms with Crippen molar-refractivity contribution in [3.05, 3.63) is 54.6 Å². The average Bonchev–Trinajstić information content (AvgIpc) is 2.70. The minimum Gasteiger partial charge on any atom is -0.306 e. The summed E-state index contributed by atoms with van der Waals surface area (Å²) in [5.41, 5.74) is 2.27. The van der Waals surface area contributed by atoms with E-state index in [1.807, 2.05) is 13.0 Å². The molecule has 1 unspecified atom stereocenters. The number of benzene rings is 1. The molecule has 0 fully saturated rings. The van der Waals surface area contributed by atoms with Crippen molar-refractivity contribution in [3.63, 3.8) is 0 Å². The number of hydrogen-bond acceptors (Lipinski definition) is 2. The molecule has 1 aromatic heterocycles. The van der Waals surface area contributed by atoms with Gasteiger partial charge in [-0.2, -0.15) is 0 Å². The van der Waals surface area contributed by atoms with Gasteiger partial charge >= 0.3 is 0 Å². The van der Waals surface area contributed by atoms with Crippen molar-refractivity contribution >= 4 is 38.9 Å². The van der Waals surface area contributed by atoms with Crippen LogP contribution in [0, 0.1) is 13.8 Å². The lowest BCUT2D eigenvalue weighted by Crippen LogP contribution is -2.21. The molecule has 2 aromatic rings. The lowest BCUT2D eigenvalue weighted by Gasteiger charge is -2.19. The third kappa shape index (κ3) is 3.22. The van der Waals surface area contributed by atoms with Crippen LogP contribution in [0.2, 0.25) is 5.02 Å². The fourth-order valence-corrected chi connectivity index (χ4v) is 3.98. The topological polar surface area (TPSA) is 12.0 Å². The van der Waals surface area contributed by atoms with Crippen molar-refractivity contribution in [2.45, 2.75) is 26.8 Å². The number of thiophene rings is 1. The van der Waals surface area contributed by atoms with Crippen molar-refractivity contribution in [1.82, 2.24) is 5.32 Å². The molecular formula is C15H17BrClNS. The zero-order valence-corrected chi connectivity index (χ0v) is 14.4. The third-order valence-corrected chi connectivity index (χ3v) is 5.82. The van der Waals surface area contributed by atoms with Crippen LogP contribution in [0.15, 0.2) is 28.7 Å². The number of halogens is 2. The van der Waals surface area contributed by atoms with Gasteiger partial charge in [-0.3, -0.25) is 0 Å². The molecule has 1 heterocycles. The van der Waals surface area contributed by atoms with Gasteiger partial charge in [0.05, 0.1) is 6.04 Å². The van der Waals surface area contributed by atoms with Gasteiger partial charge < -0.3 is 5.32 Å². The monoisotopic (exact) mass is 357 g/mol. The maximum Gasteiger partial charge on any atom is 0.0686 e. The summed E-state index contributed by atoms with van der Waals surface area (Å²) in [6, 6.07) is 8.56. The second-order valence-corrected chi connectivity index (χ2v) is 7.04. The molecule has 0 saturated heterocycles. The third-order valence-electron chi connectivity index (χ3n) is 3.10. The van der Waals surface area contributed by atoms with Gasteiger partial charge in [0.1, 0.15) is 0 Å². The fraction of sp³-hybridized carbons (Fsp3) is 0.333. The smallest absolute Gasteiger partial charge is 0.0686 e. The van der Waals surface area contributed by atoms with E-state index < -0.39 is 0 Å². The Kier molecular flexibility index (Phi) is 5.07. The fourth-order valence-electron chi connectivity index (χ4n) is 2.08. The molecule has 1 nitrogen and oxygen atoms in total. The standard InChI is InChI=1S/C15H17BrClNS/c1-4-18-15(13-8-12(16)10(3)19-13)11-7-5-6-9(2)14(11)17/h5-8,15,18H,4H2,1-3H3. The maximum absolute atomic E-state index is 6.47. The van der Waals surface area contributed by atoms with Crippen LogP contribution >= 0.6 is 38.9 Å². The highest BCUT2D eigenvalue weighted by atomic mass is 79.9. The van der Waals surface area contributed by atoms with Gasteiger partial charge in [-0.05, 0) is 53.5 Å². The molecule has 0 amide bonds. The van der Waals surface area contributed by atoms with E-state index in [9.17, 15) is 0 Å². The van der Waals surface area contributed by atoms with E-state index in [2.05, 4.69) is 53.3 Å². The Labute approximate surface area is 132 Å². The highest BCUT2D eigenvalue weighted by Crippen LogP contribution is 2.36. The van der Waals surface area contributed by atoms with Crippen LogP contribution in [0.3, 0.4) is 0 Å². The van der Waals surface area contributed by atoms with Crippen molar-refractivity contribution < 1.29 is 0 Å². The van der Waals surface area contributed by atoms with Crippen LogP contribution in [0.4, 0.5) is 0 Å². The van der Waals surface area contributed by atoms with Crippen LogP contribution in [-0.4, -0.2) is 6.54 Å². The van der Waals surface area contributed by atoms with Gasteiger partial charge in [0.2, 0.25) is 0 Å². The molecule has 0 bridgehead atoms. The predicted octanol–water partition coefficient (Wildman–Crippen LogP) is 5.48. The molecule has 0 aliphatic rings. The largest absolute Gasteiger partial charge is 0.306 e. The summed E-state index contributed by atoms with van der Waals surface area (Å²) in [4.78, 5) is 2.58. The number of aryl methyl sites for hydroxylation is 2. The molecule has 1 N–H and O–H groups in total. The van der Waals surface area contributed by atoms with Crippen LogP contribution in [0.1, 0.15) is 33.8 Å². The maximum atomic E-state index is 6.47. The first-order valence-electron chi connectivity index (χ1n) is 6.28. The lowest BCUT2D eigenvalue weighted by atomic mass is 10.0. The Hall–Kier alpha value is -0.350. The summed E-state index contributed by atoms with van der Waals surface area (Å²) in [5.74, 6) is 0. The van der Waals surface area contributed by atoms with Crippen LogP contribution in [0.25, 0.3) is 0 Å². The van der Waals surface area contributed by atoms with Crippen LogP contribution in [0.5, 0.6) is 0 Å². The summed E-state index contributed by atoms with van der Waals surface area (Å²) in [5, 5.41) is 4.39. The summed E-state index contributed by atoms with van der Waals surface area (Å²) in [7, 11) is 0. The Morgan fingerprint density at radius 3 is 2.68 bits per heavy atom. The molecule has 1 atom stereocenters. The van der Waals surface area contributed by atoms with Gasteiger partial charge in [-0.15, -0.1) is 11.3 Å². The highest BCUT2D eigenvalue weighted by molar-refractivity contribution is 9.10. The second kappa shape index (κ2) is 6.40. The van der Waals surface area contributed by atoms with Gasteiger partial charge in [0.15, 0.2) is 0 Å². The molecule has 0 spiro atoms. The van der Waals surface area contributed by atoms with Crippen molar-refractivity contribution in [2.75, 3.05) is 6.54 Å². The molecular weight excluding hydrogens is 342 g/mol. The molecule has 0 aliphatic heterocycles. The molecule has 0 saturated carbocycles. The first-order chi connectivity index (χ1) is 9.04. The van der Waals surface area contributed by atoms with E-state index in [1.165, 1.54) is 14.2 Å². The minimum atomic E-state index is 0.160. The number of hydrogen-bond donors (Lipinski definition) is 1. The van der Waals surface area contributed by atoms with E-state index in [4.69, 9.17) is 11.6 Å². The Bertz CT molecular complexity index is 560. The Morgan fingerprint density at radius 1 is 1.37 bits per heavy atom. The van der Waals surface area contributed by atoms with Gasteiger partial charge in [0.25, 0.3) is 0 Å². The predicted molar refractivity (Wildman–Crippen MR) is 88.5 cm³/mol. The first kappa shape index (κ1) is 15.0. The van der Waals surface area contributed by atoms with Crippen LogP contribution in [-0.2, 0) is 0 Å². The van der Waals surface area contributed by atoms with E-state index in [-0.39, 0.29) is 6.04 Å². The molecule has 1 aromatic carbocycles. The van der Waals surface area contributed by atoms with Gasteiger partial charge in [-0.25, -0.2) is 0 Å². The molecule has 102 valence electrons. The van der Waals surface area contributed by atoms with Crippen molar-refractivity contribution in [1.29, 1.82) is 0 Å². The summed E-state index contributed by atoms with van der Waals surface area (Å²) >= 11 is 11.9. The van der Waals surface area contributed by atoms with Crippen molar-refractivity contribution in [3.8, 4) is 0 Å². The summed E-state index contributed by atoms with van der Waals surface area (Å²) < 4.78 is 1.17. The summed E-state index contributed by atoms with van der Waals surface area (Å²) in [6.45, 7) is 7.19. The zero-order valence-electron chi connectivity index (χ0n) is 11.3. The quantitative estimate of drug-likeness (QED) is 0.763. The van der Waals surface area contributed by atoms with E-state index in [1.54, 1.807) is 11.3 Å². The average molecular weight is 359 g/mol. The molecule has 4 heteroatoms. The second-order valence-electron chi connectivity index (χ2n) is 4.52. The highest BCUT2D eigenvalue weighted by Gasteiger charge is 2.19. The molecule has 0 aliphatic carbocycles. The van der Waals surface area contributed by atoms with Crippen molar-refractivity contribution in [2.24, 2.45) is 0 Å².